The first kappa shape index (κ1) is 28.6. The van der Waals surface area contributed by atoms with Crippen LogP contribution in [0.4, 0.5) is 0 Å². The van der Waals surface area contributed by atoms with E-state index < -0.39 is 0 Å². The zero-order chi connectivity index (χ0) is 31.1. The van der Waals surface area contributed by atoms with Crippen molar-refractivity contribution in [2.24, 2.45) is 5.41 Å². The maximum Gasteiger partial charge on any atom is 0.145 e. The standard InChI is InChI=1S/C41H45N3/c1-25(2)30-19-15-20-31(26(3)4)38(30)43-28(6)27(5)42-39(43)34-22-33-32-18-13-14-21-36(32)44(29-16-11-10-12-17-29)37(33)23-35(34)41(9)24-40(41,7)8/h10-23,25-26H,24H2,1-9H3. The molecule has 1 saturated carbocycles. The summed E-state index contributed by atoms with van der Waals surface area (Å²) in [6, 6.07) is 31.5. The van der Waals surface area contributed by atoms with Gasteiger partial charge in [0.25, 0.3) is 0 Å². The van der Waals surface area contributed by atoms with Crippen molar-refractivity contribution >= 4 is 21.8 Å². The third kappa shape index (κ3) is 4.12. The Morgan fingerprint density at radius 3 is 1.91 bits per heavy atom. The summed E-state index contributed by atoms with van der Waals surface area (Å²) in [6.07, 6.45) is 1.16. The molecule has 0 radical (unpaired) electrons. The fraction of sp³-hybridized carbons (Fsp3) is 0.341. The number of rotatable bonds is 6. The van der Waals surface area contributed by atoms with Crippen LogP contribution in [0.3, 0.4) is 0 Å². The summed E-state index contributed by atoms with van der Waals surface area (Å²) in [4.78, 5) is 5.42. The summed E-state index contributed by atoms with van der Waals surface area (Å²) in [5, 5.41) is 2.55. The molecule has 2 heterocycles. The van der Waals surface area contributed by atoms with Crippen LogP contribution in [0.1, 0.15) is 94.8 Å². The molecule has 4 aromatic carbocycles. The normalized spacial score (nSPS) is 17.8. The number of aromatic nitrogens is 3. The Balaban J connectivity index is 1.63. The monoisotopic (exact) mass is 579 g/mol. The second-order valence-corrected chi connectivity index (χ2v) is 14.5. The van der Waals surface area contributed by atoms with Crippen LogP contribution >= 0.6 is 0 Å². The van der Waals surface area contributed by atoms with E-state index in [9.17, 15) is 0 Å². The third-order valence-electron chi connectivity index (χ3n) is 10.7. The van der Waals surface area contributed by atoms with Gasteiger partial charge in [0.15, 0.2) is 0 Å². The van der Waals surface area contributed by atoms with Gasteiger partial charge < -0.3 is 4.57 Å². The number of nitrogens with zero attached hydrogens (tertiary/aromatic N) is 3. The molecule has 0 spiro atoms. The average Bonchev–Trinajstić information content (AvgIpc) is 3.23. The molecule has 224 valence electrons. The number of aryl methyl sites for hydroxylation is 1. The molecule has 1 aliphatic carbocycles. The van der Waals surface area contributed by atoms with Crippen molar-refractivity contribution in [2.45, 2.75) is 86.0 Å². The lowest BCUT2D eigenvalue weighted by atomic mass is 9.85. The molecular formula is C41H45N3. The second-order valence-electron chi connectivity index (χ2n) is 14.5. The Bertz CT molecular complexity index is 2020. The molecule has 3 nitrogen and oxygen atoms in total. The van der Waals surface area contributed by atoms with Gasteiger partial charge in [0.2, 0.25) is 0 Å². The number of imidazole rings is 1. The van der Waals surface area contributed by atoms with Crippen LogP contribution in [0.15, 0.2) is 84.9 Å². The van der Waals surface area contributed by atoms with Gasteiger partial charge in [0.05, 0.1) is 22.4 Å². The molecule has 2 aromatic heterocycles. The maximum atomic E-state index is 5.42. The minimum absolute atomic E-state index is 0.0472. The van der Waals surface area contributed by atoms with Gasteiger partial charge in [0.1, 0.15) is 5.82 Å². The SMILES string of the molecule is Cc1nc(-c2cc3c4ccccc4n(-c4ccccc4)c3cc2C2(C)CC2(C)C)n(-c2c(C(C)C)cccc2C(C)C)c1C. The Morgan fingerprint density at radius 1 is 0.682 bits per heavy atom. The molecule has 0 amide bonds. The molecular weight excluding hydrogens is 534 g/mol. The molecule has 6 aromatic rings. The fourth-order valence-corrected chi connectivity index (χ4v) is 7.65. The summed E-state index contributed by atoms with van der Waals surface area (Å²) < 4.78 is 4.95. The molecule has 0 aliphatic heterocycles. The molecule has 1 atom stereocenters. The Labute approximate surface area is 262 Å². The molecule has 0 bridgehead atoms. The smallest absolute Gasteiger partial charge is 0.145 e. The van der Waals surface area contributed by atoms with Crippen molar-refractivity contribution in [1.82, 2.24) is 14.1 Å². The largest absolute Gasteiger partial charge is 0.309 e. The quantitative estimate of drug-likeness (QED) is 0.192. The summed E-state index contributed by atoms with van der Waals surface area (Å²) in [6.45, 7) is 21.0. The first-order chi connectivity index (χ1) is 20.9. The van der Waals surface area contributed by atoms with Crippen LogP contribution in [0.25, 0.3) is 44.6 Å². The van der Waals surface area contributed by atoms with E-state index in [1.54, 1.807) is 0 Å². The summed E-state index contributed by atoms with van der Waals surface area (Å²) >= 11 is 0. The van der Waals surface area contributed by atoms with Crippen LogP contribution in [-0.4, -0.2) is 14.1 Å². The molecule has 0 saturated heterocycles. The first-order valence-electron chi connectivity index (χ1n) is 16.3. The molecule has 7 rings (SSSR count). The van der Waals surface area contributed by atoms with E-state index in [2.05, 4.69) is 156 Å². The highest BCUT2D eigenvalue weighted by Gasteiger charge is 2.59. The molecule has 3 heteroatoms. The van der Waals surface area contributed by atoms with Crippen molar-refractivity contribution in [3.8, 4) is 22.8 Å². The van der Waals surface area contributed by atoms with Crippen molar-refractivity contribution in [3.05, 3.63) is 113 Å². The number of benzene rings is 4. The number of hydrogen-bond donors (Lipinski definition) is 0. The van der Waals surface area contributed by atoms with Gasteiger partial charge in [-0.3, -0.25) is 4.57 Å². The number of fused-ring (bicyclic) bond motifs is 3. The highest BCUT2D eigenvalue weighted by molar-refractivity contribution is 6.11. The van der Waals surface area contributed by atoms with E-state index in [1.807, 2.05) is 0 Å². The minimum Gasteiger partial charge on any atom is -0.309 e. The fourth-order valence-electron chi connectivity index (χ4n) is 7.65. The second kappa shape index (κ2) is 9.95. The molecule has 1 fully saturated rings. The number of para-hydroxylation sites is 3. The zero-order valence-electron chi connectivity index (χ0n) is 27.8. The summed E-state index contributed by atoms with van der Waals surface area (Å²) in [7, 11) is 0. The predicted molar refractivity (Wildman–Crippen MR) is 187 cm³/mol. The highest BCUT2D eigenvalue weighted by atomic mass is 15.1. The molecule has 1 unspecified atom stereocenters. The van der Waals surface area contributed by atoms with Gasteiger partial charge >= 0.3 is 0 Å². The highest BCUT2D eigenvalue weighted by Crippen LogP contribution is 2.65. The van der Waals surface area contributed by atoms with Gasteiger partial charge in [-0.1, -0.05) is 103 Å². The average molecular weight is 580 g/mol. The van der Waals surface area contributed by atoms with Gasteiger partial charge in [-0.2, -0.15) is 0 Å². The number of hydrogen-bond acceptors (Lipinski definition) is 1. The lowest BCUT2D eigenvalue weighted by Gasteiger charge is -2.25. The molecule has 0 N–H and O–H groups in total. The van der Waals surface area contributed by atoms with Crippen LogP contribution in [0.2, 0.25) is 0 Å². The van der Waals surface area contributed by atoms with Crippen molar-refractivity contribution in [3.63, 3.8) is 0 Å². The van der Waals surface area contributed by atoms with Crippen LogP contribution in [-0.2, 0) is 5.41 Å². The van der Waals surface area contributed by atoms with Gasteiger partial charge in [0, 0.05) is 27.7 Å². The van der Waals surface area contributed by atoms with E-state index in [0.29, 0.717) is 11.8 Å². The lowest BCUT2D eigenvalue weighted by Crippen LogP contribution is -2.14. The Kier molecular flexibility index (Phi) is 6.48. The van der Waals surface area contributed by atoms with Crippen LogP contribution in [0.5, 0.6) is 0 Å². The van der Waals surface area contributed by atoms with E-state index >= 15 is 0 Å². The van der Waals surface area contributed by atoms with E-state index in [-0.39, 0.29) is 10.8 Å². The van der Waals surface area contributed by atoms with E-state index in [0.717, 1.165) is 17.9 Å². The van der Waals surface area contributed by atoms with Gasteiger partial charge in [-0.05, 0) is 90.0 Å². The Hall–Kier alpha value is -4.11. The lowest BCUT2D eigenvalue weighted by molar-refractivity contribution is 0.529. The van der Waals surface area contributed by atoms with Crippen molar-refractivity contribution in [2.75, 3.05) is 0 Å². The Morgan fingerprint density at radius 2 is 1.30 bits per heavy atom. The third-order valence-corrected chi connectivity index (χ3v) is 10.7. The topological polar surface area (TPSA) is 22.8 Å². The predicted octanol–water partition coefficient (Wildman–Crippen LogP) is 11.2. The van der Waals surface area contributed by atoms with Gasteiger partial charge in [-0.15, -0.1) is 0 Å². The molecule has 44 heavy (non-hydrogen) atoms. The molecule has 1 aliphatic rings. The van der Waals surface area contributed by atoms with Crippen molar-refractivity contribution < 1.29 is 0 Å². The van der Waals surface area contributed by atoms with Gasteiger partial charge in [-0.25, -0.2) is 4.98 Å². The van der Waals surface area contributed by atoms with Crippen molar-refractivity contribution in [1.29, 1.82) is 0 Å². The maximum absolute atomic E-state index is 5.42. The summed E-state index contributed by atoms with van der Waals surface area (Å²) in [5.41, 5.74) is 13.0. The zero-order valence-corrected chi connectivity index (χ0v) is 27.8. The van der Waals surface area contributed by atoms with Crippen LogP contribution in [0, 0.1) is 19.3 Å². The van der Waals surface area contributed by atoms with E-state index in [1.165, 1.54) is 61.1 Å². The van der Waals surface area contributed by atoms with Crippen LogP contribution < -0.4 is 0 Å². The first-order valence-corrected chi connectivity index (χ1v) is 16.3. The summed E-state index contributed by atoms with van der Waals surface area (Å²) in [5.74, 6) is 1.85. The van der Waals surface area contributed by atoms with E-state index in [4.69, 9.17) is 4.98 Å². The minimum atomic E-state index is 0.0472.